The second-order valence-corrected chi connectivity index (χ2v) is 3.84. The first-order chi connectivity index (χ1) is 6.66. The molecule has 0 spiro atoms. The van der Waals surface area contributed by atoms with Crippen LogP contribution in [-0.4, -0.2) is 17.4 Å². The van der Waals surface area contributed by atoms with Gasteiger partial charge in [-0.1, -0.05) is 39.0 Å². The summed E-state index contributed by atoms with van der Waals surface area (Å²) in [4.78, 5) is 19.0. The average Bonchev–Trinajstić information content (AvgIpc) is 2.17. The summed E-state index contributed by atoms with van der Waals surface area (Å²) in [6, 6.07) is 0. The largest absolute Gasteiger partial charge is 0.481 e. The molecule has 1 fully saturated rings. The number of aldehydes is 1. The lowest BCUT2D eigenvalue weighted by Gasteiger charge is -2.15. The Kier molecular flexibility index (Phi) is 8.19. The molecule has 1 saturated carbocycles. The normalized spacial score (nSPS) is 16.6. The van der Waals surface area contributed by atoms with Gasteiger partial charge in [0, 0.05) is 6.42 Å². The number of hydrogen-bond donors (Lipinski definition) is 1. The summed E-state index contributed by atoms with van der Waals surface area (Å²) in [6.45, 7) is 2.36. The molecule has 1 aliphatic rings. The summed E-state index contributed by atoms with van der Waals surface area (Å²) in [5.41, 5.74) is 0. The predicted octanol–water partition coefficient (Wildman–Crippen LogP) is 2.64. The van der Waals surface area contributed by atoms with Gasteiger partial charge in [0.15, 0.2) is 0 Å². The molecule has 82 valence electrons. The second-order valence-electron chi connectivity index (χ2n) is 3.84. The Bertz CT molecular complexity index is 160. The molecule has 0 aromatic rings. The molecule has 0 heterocycles. The highest BCUT2D eigenvalue weighted by atomic mass is 16.4. The predicted molar refractivity (Wildman–Crippen MR) is 55.2 cm³/mol. The van der Waals surface area contributed by atoms with Crippen molar-refractivity contribution in [3.05, 3.63) is 0 Å². The molecule has 0 aliphatic heterocycles. The maximum absolute atomic E-state index is 9.60. The van der Waals surface area contributed by atoms with Gasteiger partial charge in [-0.25, -0.2) is 0 Å². The van der Waals surface area contributed by atoms with Crippen LogP contribution in [0.5, 0.6) is 0 Å². The topological polar surface area (TPSA) is 54.4 Å². The molecular weight excluding hydrogens is 180 g/mol. The Morgan fingerprint density at radius 2 is 1.93 bits per heavy atom. The van der Waals surface area contributed by atoms with Crippen LogP contribution in [0.2, 0.25) is 0 Å². The van der Waals surface area contributed by atoms with E-state index in [-0.39, 0.29) is 12.8 Å². The van der Waals surface area contributed by atoms with Gasteiger partial charge in [-0.05, 0) is 5.92 Å². The molecule has 0 aromatic heterocycles. The summed E-state index contributed by atoms with van der Waals surface area (Å²) in [5, 5.41) is 7.89. The highest BCUT2D eigenvalue weighted by molar-refractivity contribution is 5.70. The van der Waals surface area contributed by atoms with Gasteiger partial charge in [0.05, 0.1) is 6.42 Å². The Balaban J connectivity index is 0.000000241. The van der Waals surface area contributed by atoms with Crippen LogP contribution in [0.25, 0.3) is 0 Å². The highest BCUT2D eigenvalue weighted by Crippen LogP contribution is 2.22. The van der Waals surface area contributed by atoms with E-state index in [4.69, 9.17) is 5.11 Å². The molecule has 3 nitrogen and oxygen atoms in total. The molecule has 14 heavy (non-hydrogen) atoms. The van der Waals surface area contributed by atoms with E-state index in [9.17, 15) is 9.59 Å². The number of carbonyl (C=O) groups is 2. The van der Waals surface area contributed by atoms with E-state index in [1.807, 2.05) is 0 Å². The number of rotatable bonds is 3. The Hall–Kier alpha value is -0.860. The van der Waals surface area contributed by atoms with E-state index in [1.54, 1.807) is 0 Å². The number of carbonyl (C=O) groups excluding carboxylic acids is 1. The molecule has 0 unspecified atom stereocenters. The SMILES string of the molecule is CC1CCCCC1.O=CCCC(=O)O. The zero-order valence-electron chi connectivity index (χ0n) is 8.87. The summed E-state index contributed by atoms with van der Waals surface area (Å²) < 4.78 is 0. The Labute approximate surface area is 85.5 Å². The minimum atomic E-state index is -0.924. The van der Waals surface area contributed by atoms with Crippen molar-refractivity contribution in [1.29, 1.82) is 0 Å². The standard InChI is InChI=1S/C7H14.C4H6O3/c1-7-5-3-2-4-6-7;5-3-1-2-4(6)7/h7H,2-6H2,1H3;3H,1-2H2,(H,6,7). The molecule has 0 saturated heterocycles. The molecule has 3 heteroatoms. The fourth-order valence-electron chi connectivity index (χ4n) is 1.49. The van der Waals surface area contributed by atoms with Crippen LogP contribution in [-0.2, 0) is 9.59 Å². The zero-order valence-corrected chi connectivity index (χ0v) is 8.87. The van der Waals surface area contributed by atoms with Gasteiger partial charge in [0.2, 0.25) is 0 Å². The molecule has 0 amide bonds. The van der Waals surface area contributed by atoms with Crippen LogP contribution in [0.1, 0.15) is 51.9 Å². The minimum absolute atomic E-state index is 0.0521. The van der Waals surface area contributed by atoms with Gasteiger partial charge < -0.3 is 9.90 Å². The molecule has 1 N–H and O–H groups in total. The van der Waals surface area contributed by atoms with Crippen molar-refractivity contribution in [2.24, 2.45) is 5.92 Å². The van der Waals surface area contributed by atoms with Crippen LogP contribution in [0, 0.1) is 5.92 Å². The number of carboxylic acid groups (broad SMARTS) is 1. The summed E-state index contributed by atoms with van der Waals surface area (Å²) in [7, 11) is 0. The fraction of sp³-hybridized carbons (Fsp3) is 0.818. The van der Waals surface area contributed by atoms with Gasteiger partial charge >= 0.3 is 5.97 Å². The monoisotopic (exact) mass is 200 g/mol. The Morgan fingerprint density at radius 1 is 1.36 bits per heavy atom. The van der Waals surface area contributed by atoms with Gasteiger partial charge in [-0.2, -0.15) is 0 Å². The van der Waals surface area contributed by atoms with E-state index >= 15 is 0 Å². The van der Waals surface area contributed by atoms with Crippen LogP contribution in [0.3, 0.4) is 0 Å². The van der Waals surface area contributed by atoms with Gasteiger partial charge in [-0.3, -0.25) is 4.79 Å². The van der Waals surface area contributed by atoms with E-state index in [0.29, 0.717) is 6.29 Å². The molecule has 1 rings (SSSR count). The molecule has 0 bridgehead atoms. The van der Waals surface area contributed by atoms with Crippen LogP contribution < -0.4 is 0 Å². The first-order valence-corrected chi connectivity index (χ1v) is 5.32. The van der Waals surface area contributed by atoms with Crippen LogP contribution in [0.4, 0.5) is 0 Å². The first-order valence-electron chi connectivity index (χ1n) is 5.32. The number of aliphatic carboxylic acids is 1. The van der Waals surface area contributed by atoms with Crippen molar-refractivity contribution in [3.8, 4) is 0 Å². The van der Waals surface area contributed by atoms with Gasteiger partial charge in [-0.15, -0.1) is 0 Å². The van der Waals surface area contributed by atoms with E-state index in [1.165, 1.54) is 32.1 Å². The van der Waals surface area contributed by atoms with Crippen LogP contribution in [0.15, 0.2) is 0 Å². The lowest BCUT2D eigenvalue weighted by Crippen LogP contribution is -1.99. The second kappa shape index (κ2) is 8.73. The minimum Gasteiger partial charge on any atom is -0.481 e. The van der Waals surface area contributed by atoms with Crippen molar-refractivity contribution < 1.29 is 14.7 Å². The van der Waals surface area contributed by atoms with Crippen molar-refractivity contribution >= 4 is 12.3 Å². The van der Waals surface area contributed by atoms with E-state index in [0.717, 1.165) is 5.92 Å². The lowest BCUT2D eigenvalue weighted by molar-refractivity contribution is -0.137. The third kappa shape index (κ3) is 9.23. The summed E-state index contributed by atoms with van der Waals surface area (Å²) in [5.74, 6) is 0.112. The first kappa shape index (κ1) is 13.1. The highest BCUT2D eigenvalue weighted by Gasteiger charge is 2.05. The average molecular weight is 200 g/mol. The maximum atomic E-state index is 9.60. The number of hydrogen-bond acceptors (Lipinski definition) is 2. The fourth-order valence-corrected chi connectivity index (χ4v) is 1.49. The zero-order chi connectivity index (χ0) is 10.8. The molecule has 0 aromatic carbocycles. The summed E-state index contributed by atoms with van der Waals surface area (Å²) in [6.07, 6.45) is 8.10. The van der Waals surface area contributed by atoms with Crippen molar-refractivity contribution in [2.45, 2.75) is 51.9 Å². The van der Waals surface area contributed by atoms with Crippen molar-refractivity contribution in [2.75, 3.05) is 0 Å². The van der Waals surface area contributed by atoms with Crippen LogP contribution >= 0.6 is 0 Å². The van der Waals surface area contributed by atoms with Crippen molar-refractivity contribution in [1.82, 2.24) is 0 Å². The summed E-state index contributed by atoms with van der Waals surface area (Å²) >= 11 is 0. The molecule has 1 aliphatic carbocycles. The quantitative estimate of drug-likeness (QED) is 0.712. The lowest BCUT2D eigenvalue weighted by atomic mass is 9.91. The third-order valence-corrected chi connectivity index (χ3v) is 2.37. The van der Waals surface area contributed by atoms with Crippen molar-refractivity contribution in [3.63, 3.8) is 0 Å². The molecule has 0 radical (unpaired) electrons. The van der Waals surface area contributed by atoms with Gasteiger partial charge in [0.25, 0.3) is 0 Å². The number of carboxylic acids is 1. The van der Waals surface area contributed by atoms with E-state index in [2.05, 4.69) is 6.92 Å². The smallest absolute Gasteiger partial charge is 0.303 e. The van der Waals surface area contributed by atoms with E-state index < -0.39 is 5.97 Å². The van der Waals surface area contributed by atoms with Gasteiger partial charge in [0.1, 0.15) is 6.29 Å². The Morgan fingerprint density at radius 3 is 2.14 bits per heavy atom. The maximum Gasteiger partial charge on any atom is 0.303 e. The molecule has 0 atom stereocenters. The molecular formula is C11H20O3. The third-order valence-electron chi connectivity index (χ3n) is 2.37.